The van der Waals surface area contributed by atoms with Crippen molar-refractivity contribution in [3.05, 3.63) is 21.0 Å². The van der Waals surface area contributed by atoms with Crippen LogP contribution in [-0.4, -0.2) is 25.8 Å². The molecule has 0 aromatic carbocycles. The molecule has 0 radical (unpaired) electrons. The largest absolute Gasteiger partial charge is 0.481 e. The monoisotopic (exact) mass is 227 g/mol. The number of aromatic amines is 2. The zero-order valence-electron chi connectivity index (χ0n) is 8.65. The molecule has 0 amide bonds. The van der Waals surface area contributed by atoms with Crippen LogP contribution in [0.25, 0.3) is 0 Å². The molecule has 7 heteroatoms. The predicted octanol–water partition coefficient (Wildman–Crippen LogP) is -0.490. The molecule has 0 saturated heterocycles. The first-order valence-electron chi connectivity index (χ1n) is 5.12. The Balaban J connectivity index is 2.22. The van der Waals surface area contributed by atoms with E-state index in [4.69, 9.17) is 5.11 Å². The summed E-state index contributed by atoms with van der Waals surface area (Å²) in [6.45, 7) is 0.178. The van der Waals surface area contributed by atoms with Gasteiger partial charge in [-0.25, -0.2) is 24.4 Å². The smallest absolute Gasteiger partial charge is 0.344 e. The van der Waals surface area contributed by atoms with Gasteiger partial charge in [-0.15, -0.1) is 0 Å². The highest BCUT2D eigenvalue weighted by Gasteiger charge is 2.40. The van der Waals surface area contributed by atoms with Crippen LogP contribution in [0.4, 0.5) is 0 Å². The summed E-state index contributed by atoms with van der Waals surface area (Å²) in [5.74, 6) is -0.889. The van der Waals surface area contributed by atoms with Gasteiger partial charge in [0.2, 0.25) is 0 Å². The van der Waals surface area contributed by atoms with Crippen molar-refractivity contribution in [3.63, 3.8) is 0 Å². The number of H-pyrrole nitrogens is 2. The Kier molecular flexibility index (Phi) is 2.45. The number of nitrogens with one attached hydrogen (secondary N) is 2. The molecular formula is C9H13N3O4. The maximum Gasteiger partial charge on any atom is 0.344 e. The Morgan fingerprint density at radius 2 is 1.88 bits per heavy atom. The second kappa shape index (κ2) is 3.66. The van der Waals surface area contributed by atoms with Crippen LogP contribution >= 0.6 is 0 Å². The van der Waals surface area contributed by atoms with Gasteiger partial charge < -0.3 is 5.11 Å². The minimum Gasteiger partial charge on any atom is -0.481 e. The van der Waals surface area contributed by atoms with Crippen molar-refractivity contribution in [2.24, 2.45) is 5.41 Å². The molecule has 7 nitrogen and oxygen atoms in total. The standard InChI is InChI=1S/C9H13N3O4/c13-6(14)4-9(2-1-3-9)5-12-7(15)10-11-8(12)16/h1-5H2,(H,10,15)(H,11,16)(H,13,14). The summed E-state index contributed by atoms with van der Waals surface area (Å²) in [4.78, 5) is 33.3. The van der Waals surface area contributed by atoms with Crippen LogP contribution in [-0.2, 0) is 11.3 Å². The predicted molar refractivity (Wildman–Crippen MR) is 54.2 cm³/mol. The molecule has 0 bridgehead atoms. The van der Waals surface area contributed by atoms with Crippen LogP contribution in [0.5, 0.6) is 0 Å². The summed E-state index contributed by atoms with van der Waals surface area (Å²) in [5.41, 5.74) is -1.45. The van der Waals surface area contributed by atoms with Crippen molar-refractivity contribution in [1.82, 2.24) is 14.8 Å². The number of hydrogen-bond donors (Lipinski definition) is 3. The summed E-state index contributed by atoms with van der Waals surface area (Å²) in [6.07, 6.45) is 2.45. The van der Waals surface area contributed by atoms with Gasteiger partial charge in [0, 0.05) is 6.54 Å². The first-order chi connectivity index (χ1) is 7.52. The molecule has 2 rings (SSSR count). The second-order valence-corrected chi connectivity index (χ2v) is 4.37. The maximum absolute atomic E-state index is 11.3. The van der Waals surface area contributed by atoms with Crippen molar-refractivity contribution < 1.29 is 9.90 Å². The highest BCUT2D eigenvalue weighted by Crippen LogP contribution is 2.44. The number of aliphatic carboxylic acids is 1. The quantitative estimate of drug-likeness (QED) is 0.644. The van der Waals surface area contributed by atoms with Gasteiger partial charge >= 0.3 is 17.3 Å². The van der Waals surface area contributed by atoms with Gasteiger partial charge in [0.25, 0.3) is 0 Å². The highest BCUT2D eigenvalue weighted by molar-refractivity contribution is 5.67. The Labute approximate surface area is 90.1 Å². The fourth-order valence-electron chi connectivity index (χ4n) is 2.20. The van der Waals surface area contributed by atoms with Crippen molar-refractivity contribution in [1.29, 1.82) is 0 Å². The molecular weight excluding hydrogens is 214 g/mol. The lowest BCUT2D eigenvalue weighted by atomic mass is 9.66. The molecule has 0 spiro atoms. The Hall–Kier alpha value is -1.79. The number of aromatic nitrogens is 3. The van der Waals surface area contributed by atoms with E-state index in [9.17, 15) is 14.4 Å². The van der Waals surface area contributed by atoms with Gasteiger partial charge in [0.05, 0.1) is 6.42 Å². The summed E-state index contributed by atoms with van der Waals surface area (Å²) < 4.78 is 1.03. The third kappa shape index (κ3) is 1.80. The number of rotatable bonds is 4. The minimum atomic E-state index is -0.889. The van der Waals surface area contributed by atoms with Crippen LogP contribution in [0.1, 0.15) is 25.7 Å². The molecule has 0 aliphatic heterocycles. The van der Waals surface area contributed by atoms with Gasteiger partial charge in [0.15, 0.2) is 0 Å². The van der Waals surface area contributed by atoms with Gasteiger partial charge in [0.1, 0.15) is 0 Å². The lowest BCUT2D eigenvalue weighted by Crippen LogP contribution is -2.41. The number of nitrogens with zero attached hydrogens (tertiary/aromatic N) is 1. The van der Waals surface area contributed by atoms with Gasteiger partial charge in [-0.3, -0.25) is 4.79 Å². The van der Waals surface area contributed by atoms with Crippen LogP contribution in [0, 0.1) is 5.41 Å². The Morgan fingerprint density at radius 1 is 1.31 bits per heavy atom. The molecule has 1 aromatic heterocycles. The summed E-state index contributed by atoms with van der Waals surface area (Å²) in [5, 5.41) is 13.2. The molecule has 1 heterocycles. The first-order valence-corrected chi connectivity index (χ1v) is 5.12. The van der Waals surface area contributed by atoms with E-state index < -0.39 is 22.8 Å². The van der Waals surface area contributed by atoms with E-state index in [0.717, 1.165) is 23.8 Å². The molecule has 1 aliphatic carbocycles. The fraction of sp³-hybridized carbons (Fsp3) is 0.667. The van der Waals surface area contributed by atoms with Crippen LogP contribution < -0.4 is 11.4 Å². The lowest BCUT2D eigenvalue weighted by Gasteiger charge is -2.40. The molecule has 3 N–H and O–H groups in total. The fourth-order valence-corrected chi connectivity index (χ4v) is 2.20. The van der Waals surface area contributed by atoms with E-state index in [0.29, 0.717) is 0 Å². The SMILES string of the molecule is O=C(O)CC1(Cn2c(=O)[nH][nH]c2=O)CCC1. The zero-order chi connectivity index (χ0) is 11.8. The molecule has 1 fully saturated rings. The average molecular weight is 227 g/mol. The summed E-state index contributed by atoms with van der Waals surface area (Å²) in [7, 11) is 0. The van der Waals surface area contributed by atoms with Crippen LogP contribution in [0.2, 0.25) is 0 Å². The van der Waals surface area contributed by atoms with Crippen molar-refractivity contribution >= 4 is 5.97 Å². The van der Waals surface area contributed by atoms with Crippen LogP contribution in [0.15, 0.2) is 9.59 Å². The minimum absolute atomic E-state index is 0.00403. The van der Waals surface area contributed by atoms with Gasteiger partial charge in [-0.05, 0) is 18.3 Å². The van der Waals surface area contributed by atoms with Gasteiger partial charge in [-0.2, -0.15) is 0 Å². The molecule has 0 atom stereocenters. The third-order valence-electron chi connectivity index (χ3n) is 3.20. The summed E-state index contributed by atoms with van der Waals surface area (Å²) in [6, 6.07) is 0. The topological polar surface area (TPSA) is 108 Å². The molecule has 1 saturated carbocycles. The number of carboxylic acid groups (broad SMARTS) is 1. The maximum atomic E-state index is 11.3. The van der Waals surface area contributed by atoms with E-state index in [2.05, 4.69) is 10.2 Å². The molecule has 0 unspecified atom stereocenters. The Morgan fingerprint density at radius 3 is 2.25 bits per heavy atom. The average Bonchev–Trinajstić information content (AvgIpc) is 2.44. The van der Waals surface area contributed by atoms with E-state index in [-0.39, 0.29) is 13.0 Å². The molecule has 1 aromatic rings. The third-order valence-corrected chi connectivity index (χ3v) is 3.20. The van der Waals surface area contributed by atoms with E-state index in [1.54, 1.807) is 0 Å². The zero-order valence-corrected chi connectivity index (χ0v) is 8.65. The van der Waals surface area contributed by atoms with E-state index in [1.807, 2.05) is 0 Å². The van der Waals surface area contributed by atoms with Crippen molar-refractivity contribution in [2.45, 2.75) is 32.2 Å². The molecule has 88 valence electrons. The van der Waals surface area contributed by atoms with E-state index in [1.165, 1.54) is 0 Å². The van der Waals surface area contributed by atoms with E-state index >= 15 is 0 Å². The summed E-state index contributed by atoms with van der Waals surface area (Å²) >= 11 is 0. The first kappa shape index (κ1) is 10.7. The van der Waals surface area contributed by atoms with Crippen molar-refractivity contribution in [3.8, 4) is 0 Å². The number of carbonyl (C=O) groups is 1. The van der Waals surface area contributed by atoms with Crippen molar-refractivity contribution in [2.75, 3.05) is 0 Å². The molecule has 1 aliphatic rings. The number of hydrogen-bond acceptors (Lipinski definition) is 3. The highest BCUT2D eigenvalue weighted by atomic mass is 16.4. The lowest BCUT2D eigenvalue weighted by molar-refractivity contribution is -0.141. The molecule has 16 heavy (non-hydrogen) atoms. The second-order valence-electron chi connectivity index (χ2n) is 4.37. The number of carboxylic acids is 1. The van der Waals surface area contributed by atoms with Crippen LogP contribution in [0.3, 0.4) is 0 Å². The van der Waals surface area contributed by atoms with Gasteiger partial charge in [-0.1, -0.05) is 6.42 Å². The normalized spacial score (nSPS) is 18.0. The Bertz CT molecular complexity index is 478.